The number of fused-ring (bicyclic) bond motifs is 1. The van der Waals surface area contributed by atoms with E-state index in [-0.39, 0.29) is 11.6 Å². The zero-order valence-corrected chi connectivity index (χ0v) is 18.7. The van der Waals surface area contributed by atoms with Crippen LogP contribution in [0.3, 0.4) is 0 Å². The van der Waals surface area contributed by atoms with Crippen molar-refractivity contribution in [3.05, 3.63) is 47.7 Å². The highest BCUT2D eigenvalue weighted by molar-refractivity contribution is 7.85. The zero-order chi connectivity index (χ0) is 23.5. The van der Waals surface area contributed by atoms with Crippen LogP contribution in [0.25, 0.3) is 0 Å². The predicted molar refractivity (Wildman–Crippen MR) is 114 cm³/mol. The first-order valence-corrected chi connectivity index (χ1v) is 11.5. The molecule has 2 aromatic rings. The summed E-state index contributed by atoms with van der Waals surface area (Å²) in [6.07, 6.45) is 3.84. The van der Waals surface area contributed by atoms with Crippen LogP contribution in [0.15, 0.2) is 30.7 Å². The van der Waals surface area contributed by atoms with Gasteiger partial charge >= 0.3 is 6.09 Å². The second kappa shape index (κ2) is 9.54. The first kappa shape index (κ1) is 23.5. The van der Waals surface area contributed by atoms with Gasteiger partial charge in [0.25, 0.3) is 16.0 Å². The fourth-order valence-electron chi connectivity index (χ4n) is 3.13. The van der Waals surface area contributed by atoms with Crippen LogP contribution in [0.1, 0.15) is 28.0 Å². The first-order valence-electron chi connectivity index (χ1n) is 9.68. The molecular formula is C19H24N6O6S. The number of piperazine rings is 1. The number of hydrogen-bond donors (Lipinski definition) is 1. The number of amides is 2. The molecule has 1 unspecified atom stereocenters. The van der Waals surface area contributed by atoms with Crippen molar-refractivity contribution in [2.45, 2.75) is 13.2 Å². The lowest BCUT2D eigenvalue weighted by atomic mass is 10.3. The molecular weight excluding hydrogens is 440 g/mol. The molecule has 0 saturated carbocycles. The van der Waals surface area contributed by atoms with Crippen LogP contribution in [-0.2, 0) is 14.9 Å². The van der Waals surface area contributed by atoms with Crippen molar-refractivity contribution in [2.75, 3.05) is 44.4 Å². The molecule has 0 radical (unpaired) electrons. The Morgan fingerprint density at radius 3 is 2.34 bits per heavy atom. The molecule has 2 amide bonds. The average molecular weight is 465 g/mol. The Bertz CT molecular complexity index is 1080. The minimum atomic E-state index is -3.67. The van der Waals surface area contributed by atoms with E-state index in [2.05, 4.69) is 19.9 Å². The van der Waals surface area contributed by atoms with Crippen LogP contribution in [0.2, 0.25) is 0 Å². The Labute approximate surface area is 185 Å². The van der Waals surface area contributed by atoms with E-state index in [1.165, 1.54) is 17.3 Å². The molecule has 1 fully saturated rings. The van der Waals surface area contributed by atoms with E-state index in [0.717, 1.165) is 18.7 Å². The maximum atomic E-state index is 12.9. The van der Waals surface area contributed by atoms with Crippen LogP contribution in [0.4, 0.5) is 10.6 Å². The molecule has 2 aliphatic rings. The van der Waals surface area contributed by atoms with E-state index in [4.69, 9.17) is 9.29 Å². The molecule has 32 heavy (non-hydrogen) atoms. The topological polar surface area (TPSA) is 146 Å². The van der Waals surface area contributed by atoms with Crippen molar-refractivity contribution in [1.29, 1.82) is 0 Å². The smallest absolute Gasteiger partial charge is 0.412 e. The van der Waals surface area contributed by atoms with Gasteiger partial charge in [-0.25, -0.2) is 19.7 Å². The summed E-state index contributed by atoms with van der Waals surface area (Å²) in [7, 11) is -1.66. The van der Waals surface area contributed by atoms with Gasteiger partial charge in [0.2, 0.25) is 6.23 Å². The highest BCUT2D eigenvalue weighted by Crippen LogP contribution is 2.35. The normalized spacial score (nSPS) is 18.6. The summed E-state index contributed by atoms with van der Waals surface area (Å²) < 4.78 is 31.6. The van der Waals surface area contributed by atoms with Crippen molar-refractivity contribution < 1.29 is 27.3 Å². The Morgan fingerprint density at radius 1 is 1.12 bits per heavy atom. The summed E-state index contributed by atoms with van der Waals surface area (Å²) in [6, 6.07) is 3.56. The van der Waals surface area contributed by atoms with Crippen LogP contribution in [0, 0.1) is 6.92 Å². The largest absolute Gasteiger partial charge is 0.419 e. The number of carbonyl (C=O) groups excluding carboxylic acids is 2. The number of hydrogen-bond acceptors (Lipinski definition) is 9. The highest BCUT2D eigenvalue weighted by Gasteiger charge is 2.44. The second-order valence-electron chi connectivity index (χ2n) is 7.42. The Kier molecular flexibility index (Phi) is 7.01. The van der Waals surface area contributed by atoms with Gasteiger partial charge < -0.3 is 14.5 Å². The minimum absolute atomic E-state index is 0.177. The van der Waals surface area contributed by atoms with Crippen LogP contribution in [-0.4, -0.2) is 89.2 Å². The SMILES string of the molecule is CS(=O)(=O)O.Cc1ccc(N2C(=O)c3nccnc3C2OC(=O)N2CCN(C)CC2)nc1. The number of aryl methyl sites for hydroxylation is 1. The minimum Gasteiger partial charge on any atom is -0.419 e. The van der Waals surface area contributed by atoms with Gasteiger partial charge in [-0.2, -0.15) is 8.42 Å². The van der Waals surface area contributed by atoms with E-state index in [9.17, 15) is 18.0 Å². The summed E-state index contributed by atoms with van der Waals surface area (Å²) in [5.41, 5.74) is 1.47. The van der Waals surface area contributed by atoms with E-state index in [0.29, 0.717) is 30.9 Å². The number of pyridine rings is 1. The monoisotopic (exact) mass is 464 g/mol. The third kappa shape index (κ3) is 5.75. The van der Waals surface area contributed by atoms with Gasteiger partial charge in [0.05, 0.1) is 6.26 Å². The predicted octanol–water partition coefficient (Wildman–Crippen LogP) is 0.727. The summed E-state index contributed by atoms with van der Waals surface area (Å²) >= 11 is 0. The van der Waals surface area contributed by atoms with Gasteiger partial charge in [-0.15, -0.1) is 0 Å². The molecule has 12 nitrogen and oxygen atoms in total. The van der Waals surface area contributed by atoms with Gasteiger partial charge in [0.15, 0.2) is 5.69 Å². The number of aromatic nitrogens is 3. The summed E-state index contributed by atoms with van der Waals surface area (Å²) in [5, 5.41) is 0. The zero-order valence-electron chi connectivity index (χ0n) is 17.9. The fraction of sp³-hybridized carbons (Fsp3) is 0.421. The number of likely N-dealkylation sites (N-methyl/N-ethyl adjacent to an activating group) is 1. The molecule has 4 rings (SSSR count). The molecule has 0 aromatic carbocycles. The Morgan fingerprint density at radius 2 is 1.75 bits per heavy atom. The highest BCUT2D eigenvalue weighted by atomic mass is 32.2. The maximum absolute atomic E-state index is 12.9. The Hall–Kier alpha value is -3.16. The summed E-state index contributed by atoms with van der Waals surface area (Å²) in [6.45, 7) is 4.61. The number of ether oxygens (including phenoxy) is 1. The molecule has 0 bridgehead atoms. The van der Waals surface area contributed by atoms with Crippen molar-refractivity contribution in [1.82, 2.24) is 24.8 Å². The van der Waals surface area contributed by atoms with Crippen LogP contribution in [0.5, 0.6) is 0 Å². The Balaban J connectivity index is 0.000000523. The van der Waals surface area contributed by atoms with Gasteiger partial charge in [0.1, 0.15) is 11.5 Å². The van der Waals surface area contributed by atoms with E-state index in [1.54, 1.807) is 17.2 Å². The standard InChI is InChI=1S/C18H20N6O3.CH4O3S/c1-12-3-4-13(21-11-12)24-16(25)14-15(20-6-5-19-14)17(24)27-18(26)23-9-7-22(2)8-10-23;1-5(2,3)4/h3-6,11,17H,7-10H2,1-2H3;1H3,(H,2,3,4). The average Bonchev–Trinajstić information content (AvgIpc) is 3.00. The van der Waals surface area contributed by atoms with Crippen LogP contribution >= 0.6 is 0 Å². The molecule has 0 aliphatic carbocycles. The van der Waals surface area contributed by atoms with Crippen molar-refractivity contribution in [3.8, 4) is 0 Å². The molecule has 1 atom stereocenters. The lowest BCUT2D eigenvalue weighted by molar-refractivity contribution is 0.0476. The molecule has 1 N–H and O–H groups in total. The molecule has 4 heterocycles. The summed E-state index contributed by atoms with van der Waals surface area (Å²) in [5.74, 6) is 0.00667. The molecule has 1 saturated heterocycles. The third-order valence-corrected chi connectivity index (χ3v) is 4.73. The summed E-state index contributed by atoms with van der Waals surface area (Å²) in [4.78, 5) is 43.3. The third-order valence-electron chi connectivity index (χ3n) is 4.73. The van der Waals surface area contributed by atoms with Gasteiger partial charge in [-0.05, 0) is 25.6 Å². The number of rotatable bonds is 2. The van der Waals surface area contributed by atoms with Crippen molar-refractivity contribution >= 4 is 27.9 Å². The first-order chi connectivity index (χ1) is 15.0. The number of carbonyl (C=O) groups is 2. The van der Waals surface area contributed by atoms with Crippen molar-refractivity contribution in [3.63, 3.8) is 0 Å². The lowest BCUT2D eigenvalue weighted by Crippen LogP contribution is -2.48. The second-order valence-corrected chi connectivity index (χ2v) is 8.88. The van der Waals surface area contributed by atoms with E-state index < -0.39 is 22.4 Å². The van der Waals surface area contributed by atoms with Gasteiger partial charge in [0, 0.05) is 44.8 Å². The molecule has 2 aliphatic heterocycles. The van der Waals surface area contributed by atoms with E-state index in [1.807, 2.05) is 20.0 Å². The van der Waals surface area contributed by atoms with E-state index >= 15 is 0 Å². The van der Waals surface area contributed by atoms with Crippen LogP contribution < -0.4 is 4.90 Å². The molecule has 0 spiro atoms. The van der Waals surface area contributed by atoms with Crippen molar-refractivity contribution in [2.24, 2.45) is 0 Å². The molecule has 172 valence electrons. The van der Waals surface area contributed by atoms with Gasteiger partial charge in [-0.1, -0.05) is 6.07 Å². The molecule has 13 heteroatoms. The number of anilines is 1. The number of nitrogens with zero attached hydrogens (tertiary/aromatic N) is 6. The lowest BCUT2D eigenvalue weighted by Gasteiger charge is -2.33. The van der Waals surface area contributed by atoms with Gasteiger partial charge in [-0.3, -0.25) is 14.3 Å². The quantitative estimate of drug-likeness (QED) is 0.631. The maximum Gasteiger partial charge on any atom is 0.412 e. The molecule has 2 aromatic heterocycles. The fourth-order valence-corrected chi connectivity index (χ4v) is 3.13.